The van der Waals surface area contributed by atoms with Gasteiger partial charge in [0.2, 0.25) is 0 Å². The number of nitriles is 2. The van der Waals surface area contributed by atoms with Gasteiger partial charge in [-0.3, -0.25) is 0 Å². The van der Waals surface area contributed by atoms with Crippen molar-refractivity contribution in [2.45, 2.75) is 26.7 Å². The van der Waals surface area contributed by atoms with E-state index in [1.807, 2.05) is 13.8 Å². The lowest BCUT2D eigenvalue weighted by molar-refractivity contribution is 0.321. The Morgan fingerprint density at radius 2 is 1.19 bits per heavy atom. The van der Waals surface area contributed by atoms with Crippen LogP contribution in [0.2, 0.25) is 0 Å². The van der Waals surface area contributed by atoms with E-state index < -0.39 is 0 Å². The van der Waals surface area contributed by atoms with Gasteiger partial charge in [-0.15, -0.1) is 0 Å². The second kappa shape index (κ2) is 11.0. The van der Waals surface area contributed by atoms with Gasteiger partial charge in [0.1, 0.15) is 0 Å². The molecule has 0 spiro atoms. The first-order valence-corrected chi connectivity index (χ1v) is 8.04. The fraction of sp³-hybridized carbons (Fsp3) is 0.200. The van der Waals surface area contributed by atoms with Gasteiger partial charge in [0.05, 0.1) is 35.7 Å². The number of benzene rings is 2. The standard InChI is InChI=1S/2C10H10N2O/c2*1-2-9-5-8(6-11)3-4-10(9)7-12-13/h2*3-5,7,13H,2H2,1H3. The Bertz CT molecular complexity index is 801. The Kier molecular flexibility index (Phi) is 8.64. The zero-order valence-corrected chi connectivity index (χ0v) is 14.7. The van der Waals surface area contributed by atoms with Crippen LogP contribution in [0.15, 0.2) is 46.7 Å². The average molecular weight is 348 g/mol. The summed E-state index contributed by atoms with van der Waals surface area (Å²) in [6, 6.07) is 14.7. The Hall–Kier alpha value is -3.64. The minimum atomic E-state index is 0.631. The quantitative estimate of drug-likeness (QED) is 0.496. The Morgan fingerprint density at radius 3 is 1.46 bits per heavy atom. The van der Waals surface area contributed by atoms with Crippen LogP contribution in [0.3, 0.4) is 0 Å². The van der Waals surface area contributed by atoms with Crippen molar-refractivity contribution in [1.29, 1.82) is 10.5 Å². The third-order valence-corrected chi connectivity index (χ3v) is 3.70. The van der Waals surface area contributed by atoms with E-state index in [2.05, 4.69) is 22.4 Å². The van der Waals surface area contributed by atoms with E-state index in [1.165, 1.54) is 12.4 Å². The predicted octanol–water partition coefficient (Wildman–Crippen LogP) is 3.86. The van der Waals surface area contributed by atoms with Crippen LogP contribution in [-0.4, -0.2) is 22.8 Å². The van der Waals surface area contributed by atoms with Crippen LogP contribution < -0.4 is 0 Å². The first-order chi connectivity index (χ1) is 12.6. The molecule has 2 aromatic rings. The van der Waals surface area contributed by atoms with Gasteiger partial charge in [-0.2, -0.15) is 10.5 Å². The van der Waals surface area contributed by atoms with Gasteiger partial charge in [-0.25, -0.2) is 0 Å². The summed E-state index contributed by atoms with van der Waals surface area (Å²) in [5, 5.41) is 40.0. The summed E-state index contributed by atoms with van der Waals surface area (Å²) in [5.74, 6) is 0. The SMILES string of the molecule is CCc1cc(C#N)ccc1C=NO.CCc1cc(C#N)ccc1C=NO. The van der Waals surface area contributed by atoms with Crippen molar-refractivity contribution in [3.8, 4) is 12.1 Å². The Balaban J connectivity index is 0.000000260. The molecule has 0 heterocycles. The Labute approximate surface area is 152 Å². The van der Waals surface area contributed by atoms with Crippen molar-refractivity contribution in [2.75, 3.05) is 0 Å². The van der Waals surface area contributed by atoms with Crippen molar-refractivity contribution in [2.24, 2.45) is 10.3 Å². The molecule has 2 N–H and O–H groups in total. The van der Waals surface area contributed by atoms with E-state index in [0.29, 0.717) is 11.1 Å². The Morgan fingerprint density at radius 1 is 0.808 bits per heavy atom. The van der Waals surface area contributed by atoms with E-state index in [9.17, 15) is 0 Å². The molecule has 0 aromatic heterocycles. The maximum absolute atomic E-state index is 8.65. The van der Waals surface area contributed by atoms with Crippen molar-refractivity contribution in [3.63, 3.8) is 0 Å². The number of hydrogen-bond donors (Lipinski definition) is 2. The highest BCUT2D eigenvalue weighted by Crippen LogP contribution is 2.11. The molecule has 0 amide bonds. The van der Waals surface area contributed by atoms with E-state index >= 15 is 0 Å². The molecule has 2 rings (SSSR count). The monoisotopic (exact) mass is 348 g/mol. The van der Waals surface area contributed by atoms with Gasteiger partial charge in [0, 0.05) is 0 Å². The summed E-state index contributed by atoms with van der Waals surface area (Å²) in [6.07, 6.45) is 4.38. The average Bonchev–Trinajstić information content (AvgIpc) is 2.69. The lowest BCUT2D eigenvalue weighted by Crippen LogP contribution is -1.92. The largest absolute Gasteiger partial charge is 0.411 e. The van der Waals surface area contributed by atoms with Gasteiger partial charge in [0.25, 0.3) is 0 Å². The van der Waals surface area contributed by atoms with Crippen LogP contribution in [0.5, 0.6) is 0 Å². The van der Waals surface area contributed by atoms with E-state index in [-0.39, 0.29) is 0 Å². The van der Waals surface area contributed by atoms with Gasteiger partial charge in [-0.05, 0) is 59.4 Å². The molecule has 0 atom stereocenters. The maximum atomic E-state index is 8.65. The topological polar surface area (TPSA) is 113 Å². The molecule has 2 aromatic carbocycles. The summed E-state index contributed by atoms with van der Waals surface area (Å²) in [6.45, 7) is 3.98. The van der Waals surface area contributed by atoms with Crippen molar-refractivity contribution in [3.05, 3.63) is 69.8 Å². The summed E-state index contributed by atoms with van der Waals surface area (Å²) < 4.78 is 0. The smallest absolute Gasteiger partial charge is 0.0991 e. The van der Waals surface area contributed by atoms with Crippen LogP contribution in [0.4, 0.5) is 0 Å². The van der Waals surface area contributed by atoms with Crippen LogP contribution in [0.25, 0.3) is 0 Å². The molecular weight excluding hydrogens is 328 g/mol. The highest BCUT2D eigenvalue weighted by molar-refractivity contribution is 5.82. The highest BCUT2D eigenvalue weighted by Gasteiger charge is 2.00. The number of rotatable bonds is 4. The normalized spacial score (nSPS) is 10.2. The second-order valence-electron chi connectivity index (χ2n) is 5.25. The molecule has 0 aliphatic rings. The van der Waals surface area contributed by atoms with E-state index in [4.69, 9.17) is 20.9 Å². The van der Waals surface area contributed by atoms with Gasteiger partial charge in [-0.1, -0.05) is 36.3 Å². The molecule has 6 heteroatoms. The molecule has 0 radical (unpaired) electrons. The predicted molar refractivity (Wildman–Crippen MR) is 99.8 cm³/mol. The number of aryl methyl sites for hydroxylation is 2. The third kappa shape index (κ3) is 5.77. The molecule has 132 valence electrons. The number of oxime groups is 2. The highest BCUT2D eigenvalue weighted by atomic mass is 16.4. The zero-order chi connectivity index (χ0) is 19.4. The van der Waals surface area contributed by atoms with Gasteiger partial charge < -0.3 is 10.4 Å². The maximum Gasteiger partial charge on any atom is 0.0991 e. The fourth-order valence-electron chi connectivity index (χ4n) is 2.34. The number of nitrogens with zero attached hydrogens (tertiary/aromatic N) is 4. The van der Waals surface area contributed by atoms with Crippen LogP contribution in [0, 0.1) is 22.7 Å². The minimum Gasteiger partial charge on any atom is -0.411 e. The molecule has 0 fully saturated rings. The lowest BCUT2D eigenvalue weighted by Gasteiger charge is -2.01. The molecule has 0 saturated carbocycles. The third-order valence-electron chi connectivity index (χ3n) is 3.70. The van der Waals surface area contributed by atoms with Crippen LogP contribution in [-0.2, 0) is 12.8 Å². The molecule has 0 aliphatic carbocycles. The summed E-state index contributed by atoms with van der Waals surface area (Å²) in [5.41, 5.74) is 4.99. The molecule has 0 saturated heterocycles. The summed E-state index contributed by atoms with van der Waals surface area (Å²) >= 11 is 0. The molecule has 6 nitrogen and oxygen atoms in total. The molecule has 0 unspecified atom stereocenters. The molecule has 0 aliphatic heterocycles. The van der Waals surface area contributed by atoms with Crippen molar-refractivity contribution >= 4 is 12.4 Å². The first-order valence-electron chi connectivity index (χ1n) is 8.04. The van der Waals surface area contributed by atoms with Crippen molar-refractivity contribution < 1.29 is 10.4 Å². The first kappa shape index (κ1) is 20.4. The van der Waals surface area contributed by atoms with Crippen LogP contribution >= 0.6 is 0 Å². The second-order valence-corrected chi connectivity index (χ2v) is 5.25. The van der Waals surface area contributed by atoms with Crippen molar-refractivity contribution in [1.82, 2.24) is 0 Å². The van der Waals surface area contributed by atoms with E-state index in [0.717, 1.165) is 35.1 Å². The molecule has 0 bridgehead atoms. The van der Waals surface area contributed by atoms with Gasteiger partial charge >= 0.3 is 0 Å². The minimum absolute atomic E-state index is 0.631. The van der Waals surface area contributed by atoms with Crippen LogP contribution in [0.1, 0.15) is 47.2 Å². The van der Waals surface area contributed by atoms with E-state index in [1.54, 1.807) is 36.4 Å². The summed E-state index contributed by atoms with van der Waals surface area (Å²) in [7, 11) is 0. The molecule has 26 heavy (non-hydrogen) atoms. The summed E-state index contributed by atoms with van der Waals surface area (Å²) in [4.78, 5) is 0. The number of hydrogen-bond acceptors (Lipinski definition) is 6. The fourth-order valence-corrected chi connectivity index (χ4v) is 2.34. The molecular formula is C20H20N4O2. The lowest BCUT2D eigenvalue weighted by atomic mass is 10.0. The van der Waals surface area contributed by atoms with Gasteiger partial charge in [0.15, 0.2) is 0 Å². The zero-order valence-electron chi connectivity index (χ0n) is 14.7.